The highest BCUT2D eigenvalue weighted by atomic mass is 16.7. The molecule has 1 aliphatic heterocycles. The van der Waals surface area contributed by atoms with Crippen molar-refractivity contribution in [3.8, 4) is 0 Å². The molecule has 3 rings (SSSR count). The van der Waals surface area contributed by atoms with Gasteiger partial charge in [0, 0.05) is 65.2 Å². The van der Waals surface area contributed by atoms with Gasteiger partial charge < -0.3 is 38.3 Å². The first-order valence-corrected chi connectivity index (χ1v) is 17.1. The number of aliphatic hydroxyl groups is 1. The maximum absolute atomic E-state index is 14.9. The summed E-state index contributed by atoms with van der Waals surface area (Å²) < 4.78 is 41.4. The highest BCUT2D eigenvalue weighted by Gasteiger charge is 2.75. The Morgan fingerprint density at radius 2 is 1.33 bits per heavy atom. The Morgan fingerprint density at radius 1 is 0.788 bits per heavy atom. The first-order chi connectivity index (χ1) is 23.8. The summed E-state index contributed by atoms with van der Waals surface area (Å²) in [6.07, 6.45) is -7.97. The van der Waals surface area contributed by atoms with Crippen molar-refractivity contribution in [2.75, 3.05) is 0 Å². The number of carbonyl (C=O) groups excluding carboxylic acids is 8. The van der Waals surface area contributed by atoms with E-state index in [4.69, 9.17) is 33.2 Å². The summed E-state index contributed by atoms with van der Waals surface area (Å²) in [5, 5.41) is 12.0. The molecule has 0 radical (unpaired) electrons. The molecule has 0 aromatic carbocycles. The highest BCUT2D eigenvalue weighted by molar-refractivity contribution is 5.94. The molecule has 3 aliphatic rings. The van der Waals surface area contributed by atoms with Crippen LogP contribution < -0.4 is 0 Å². The smallest absolute Gasteiger partial charge is 0.308 e. The lowest BCUT2D eigenvalue weighted by molar-refractivity contribution is -0.272. The Kier molecular flexibility index (Phi) is 12.4. The summed E-state index contributed by atoms with van der Waals surface area (Å²) in [5.74, 6) is -11.3. The SMILES string of the molecule is CC(=O)O[C@H]1[C@@H](OC(C)=O)C(C)(C)/C=C/[C@H](C)C(=O)[C@@]2(OC(C)=O)C[C@@](C)(O)[C@H](OC(C)=O)[C@@H]2[C@H]2OC(=O)CC[C@@]2(OC(C)=O)[C@@H]1OC(=O)C(C)C. The molecule has 1 saturated heterocycles. The summed E-state index contributed by atoms with van der Waals surface area (Å²) in [7, 11) is 0. The van der Waals surface area contributed by atoms with Crippen LogP contribution in [-0.2, 0) is 71.5 Å². The molecule has 1 heterocycles. The monoisotopic (exact) mass is 738 g/mol. The minimum Gasteiger partial charge on any atom is -0.459 e. The topological polar surface area (TPSA) is 221 Å². The zero-order valence-electron chi connectivity index (χ0n) is 31.5. The van der Waals surface area contributed by atoms with Crippen molar-refractivity contribution < 1.29 is 76.6 Å². The molecule has 1 N–H and O–H groups in total. The maximum atomic E-state index is 14.9. The quantitative estimate of drug-likeness (QED) is 0.225. The van der Waals surface area contributed by atoms with Crippen LogP contribution in [0.1, 0.15) is 95.4 Å². The van der Waals surface area contributed by atoms with Crippen molar-refractivity contribution in [1.29, 1.82) is 0 Å². The van der Waals surface area contributed by atoms with Crippen LogP contribution in [0.25, 0.3) is 0 Å². The van der Waals surface area contributed by atoms with Crippen molar-refractivity contribution in [2.24, 2.45) is 23.2 Å². The van der Waals surface area contributed by atoms with Crippen LogP contribution in [0, 0.1) is 23.2 Å². The number of rotatable bonds is 7. The third-order valence-electron chi connectivity index (χ3n) is 9.60. The van der Waals surface area contributed by atoms with Crippen molar-refractivity contribution >= 4 is 47.6 Å². The Bertz CT molecular complexity index is 1510. The standard InChI is InChI=1S/C36H50O16/c1-17(2)32(44)50-31-26(46-19(4)37)30(48-21(6)39)33(9,10)14-12-18(3)27(43)36(52-23(8)41)16-34(11,45)28(47-20(5)38)25(36)29-35(31,51-22(7)40)15-13-24(42)49-29/h12,14,17-18,25-26,28-31,45H,13,15-16H2,1-11H3/b14-12+/t18-,25+,26-,28+,29+,30+,31+,34+,35-,36+/m0/s1. The van der Waals surface area contributed by atoms with Crippen LogP contribution in [0.5, 0.6) is 0 Å². The number of allylic oxidation sites excluding steroid dienone is 1. The fraction of sp³-hybridized carbons (Fsp3) is 0.722. The highest BCUT2D eigenvalue weighted by Crippen LogP contribution is 2.56. The van der Waals surface area contributed by atoms with Crippen LogP contribution in [0.2, 0.25) is 0 Å². The first kappa shape index (κ1) is 42.1. The summed E-state index contributed by atoms with van der Waals surface area (Å²) in [5.41, 5.74) is -8.44. The molecular formula is C36H50O16. The van der Waals surface area contributed by atoms with Crippen molar-refractivity contribution in [2.45, 2.75) is 143 Å². The van der Waals surface area contributed by atoms with E-state index in [1.165, 1.54) is 39.8 Å². The van der Waals surface area contributed by atoms with Gasteiger partial charge in [-0.25, -0.2) is 0 Å². The number of hydrogen-bond acceptors (Lipinski definition) is 16. The van der Waals surface area contributed by atoms with Crippen LogP contribution in [0.15, 0.2) is 12.2 Å². The molecule has 16 heteroatoms. The molecule has 2 aliphatic carbocycles. The Labute approximate surface area is 302 Å². The van der Waals surface area contributed by atoms with Crippen molar-refractivity contribution in [1.82, 2.24) is 0 Å². The van der Waals surface area contributed by atoms with E-state index < -0.39 is 137 Å². The van der Waals surface area contributed by atoms with Crippen LogP contribution in [0.4, 0.5) is 0 Å². The third-order valence-corrected chi connectivity index (χ3v) is 9.60. The van der Waals surface area contributed by atoms with Gasteiger partial charge in [0.25, 0.3) is 0 Å². The number of carbonyl (C=O) groups is 8. The molecule has 2 fully saturated rings. The average Bonchev–Trinajstić information content (AvgIpc) is 3.20. The molecule has 52 heavy (non-hydrogen) atoms. The fourth-order valence-electron chi connectivity index (χ4n) is 7.64. The van der Waals surface area contributed by atoms with Crippen LogP contribution >= 0.6 is 0 Å². The number of hydrogen-bond donors (Lipinski definition) is 1. The zero-order valence-corrected chi connectivity index (χ0v) is 31.5. The fourth-order valence-corrected chi connectivity index (χ4v) is 7.64. The lowest BCUT2D eigenvalue weighted by Gasteiger charge is -2.53. The summed E-state index contributed by atoms with van der Waals surface area (Å²) in [6, 6.07) is 0. The first-order valence-electron chi connectivity index (χ1n) is 17.1. The molecule has 1 saturated carbocycles. The molecule has 16 nitrogen and oxygen atoms in total. The van der Waals surface area contributed by atoms with Gasteiger partial charge in [0.1, 0.15) is 11.7 Å². The van der Waals surface area contributed by atoms with E-state index in [0.717, 1.165) is 34.6 Å². The van der Waals surface area contributed by atoms with Gasteiger partial charge in [-0.15, -0.1) is 0 Å². The largest absolute Gasteiger partial charge is 0.459 e. The lowest BCUT2D eigenvalue weighted by Crippen LogP contribution is -2.72. The van der Waals surface area contributed by atoms with Crippen LogP contribution in [0.3, 0.4) is 0 Å². The molecule has 0 spiro atoms. The van der Waals surface area contributed by atoms with E-state index >= 15 is 0 Å². The molecule has 290 valence electrons. The average molecular weight is 739 g/mol. The van der Waals surface area contributed by atoms with E-state index in [9.17, 15) is 43.5 Å². The lowest BCUT2D eigenvalue weighted by atomic mass is 9.66. The number of ketones is 1. The van der Waals surface area contributed by atoms with Gasteiger partial charge in [-0.2, -0.15) is 0 Å². The minimum absolute atomic E-state index is 0.500. The number of esters is 7. The second kappa shape index (κ2) is 15.3. The number of Topliss-reactive ketones (excluding diaryl/α,β-unsaturated/α-hetero) is 1. The normalized spacial score (nSPS) is 36.3. The van der Waals surface area contributed by atoms with Gasteiger partial charge in [0.2, 0.25) is 0 Å². The third kappa shape index (κ3) is 8.48. The second-order valence-electron chi connectivity index (χ2n) is 15.0. The molecule has 10 atom stereocenters. The van der Waals surface area contributed by atoms with E-state index in [1.807, 2.05) is 0 Å². The van der Waals surface area contributed by atoms with Gasteiger partial charge in [-0.3, -0.25) is 38.4 Å². The Morgan fingerprint density at radius 3 is 1.83 bits per heavy atom. The molecule has 0 aromatic rings. The van der Waals surface area contributed by atoms with Crippen molar-refractivity contribution in [3.05, 3.63) is 12.2 Å². The number of ether oxygens (including phenoxy) is 7. The molecule has 0 bridgehead atoms. The van der Waals surface area contributed by atoms with E-state index in [0.29, 0.717) is 0 Å². The van der Waals surface area contributed by atoms with Crippen molar-refractivity contribution in [3.63, 3.8) is 0 Å². The summed E-state index contributed by atoms with van der Waals surface area (Å²) >= 11 is 0. The zero-order chi connectivity index (χ0) is 39.7. The molecule has 0 amide bonds. The molecule has 0 unspecified atom stereocenters. The second-order valence-corrected chi connectivity index (χ2v) is 15.0. The van der Waals surface area contributed by atoms with Gasteiger partial charge in [-0.05, 0) is 6.92 Å². The van der Waals surface area contributed by atoms with E-state index in [1.54, 1.807) is 13.8 Å². The van der Waals surface area contributed by atoms with Gasteiger partial charge in [0.05, 0.1) is 11.8 Å². The van der Waals surface area contributed by atoms with E-state index in [-0.39, 0.29) is 0 Å². The maximum Gasteiger partial charge on any atom is 0.308 e. The summed E-state index contributed by atoms with van der Waals surface area (Å²) in [4.78, 5) is 106. The van der Waals surface area contributed by atoms with E-state index in [2.05, 4.69) is 0 Å². The van der Waals surface area contributed by atoms with Crippen LogP contribution in [-0.4, -0.2) is 100.0 Å². The minimum atomic E-state index is -2.46. The molecule has 0 aromatic heterocycles. The number of fused-ring (bicyclic) bond motifs is 3. The van der Waals surface area contributed by atoms with Gasteiger partial charge >= 0.3 is 41.8 Å². The molecular weight excluding hydrogens is 688 g/mol. The predicted molar refractivity (Wildman–Crippen MR) is 175 cm³/mol. The Hall–Kier alpha value is -4.34. The van der Waals surface area contributed by atoms with Gasteiger partial charge in [0.15, 0.2) is 41.4 Å². The Balaban J connectivity index is 2.71. The summed E-state index contributed by atoms with van der Waals surface area (Å²) in [6.45, 7) is 14.0. The predicted octanol–water partition coefficient (Wildman–Crippen LogP) is 2.23. The van der Waals surface area contributed by atoms with Gasteiger partial charge in [-0.1, -0.05) is 46.8 Å².